The van der Waals surface area contributed by atoms with Crippen molar-refractivity contribution in [3.63, 3.8) is 0 Å². The van der Waals surface area contributed by atoms with Crippen molar-refractivity contribution in [1.29, 1.82) is 0 Å². The van der Waals surface area contributed by atoms with Crippen molar-refractivity contribution >= 4 is 0 Å². The SMILES string of the molecule is [CH2]CCN(C1CCC1)C1CCC1. The van der Waals surface area contributed by atoms with E-state index in [-0.39, 0.29) is 0 Å². The lowest BCUT2D eigenvalue weighted by Gasteiger charge is -2.46. The molecule has 0 heterocycles. The predicted molar refractivity (Wildman–Crippen MR) is 52.0 cm³/mol. The molecule has 2 saturated carbocycles. The van der Waals surface area contributed by atoms with Gasteiger partial charge in [-0.1, -0.05) is 19.8 Å². The minimum absolute atomic E-state index is 0.942. The molecule has 0 atom stereocenters. The summed E-state index contributed by atoms with van der Waals surface area (Å²) in [5, 5.41) is 0. The Morgan fingerprint density at radius 3 is 1.75 bits per heavy atom. The van der Waals surface area contributed by atoms with Crippen LogP contribution in [0.25, 0.3) is 0 Å². The zero-order valence-corrected chi connectivity index (χ0v) is 7.97. The van der Waals surface area contributed by atoms with Crippen molar-refractivity contribution in [2.24, 2.45) is 0 Å². The first-order valence-electron chi connectivity index (χ1n) is 5.47. The van der Waals surface area contributed by atoms with E-state index >= 15 is 0 Å². The molecular formula is C11H20N. The fourth-order valence-electron chi connectivity index (χ4n) is 2.28. The lowest BCUT2D eigenvalue weighted by molar-refractivity contribution is 0.0422. The third-order valence-corrected chi connectivity index (χ3v) is 3.50. The summed E-state index contributed by atoms with van der Waals surface area (Å²) >= 11 is 0. The highest BCUT2D eigenvalue weighted by atomic mass is 15.2. The van der Waals surface area contributed by atoms with Gasteiger partial charge < -0.3 is 0 Å². The van der Waals surface area contributed by atoms with Crippen molar-refractivity contribution in [2.75, 3.05) is 6.54 Å². The van der Waals surface area contributed by atoms with Crippen LogP contribution >= 0.6 is 0 Å². The summed E-state index contributed by atoms with van der Waals surface area (Å²) in [5.41, 5.74) is 0. The molecule has 1 heteroatoms. The van der Waals surface area contributed by atoms with Crippen LogP contribution in [-0.4, -0.2) is 23.5 Å². The molecule has 0 spiro atoms. The first kappa shape index (κ1) is 8.55. The molecule has 0 aromatic heterocycles. The van der Waals surface area contributed by atoms with Gasteiger partial charge in [-0.05, 0) is 38.6 Å². The van der Waals surface area contributed by atoms with Crippen LogP contribution in [0.5, 0.6) is 0 Å². The summed E-state index contributed by atoms with van der Waals surface area (Å²) in [6.07, 6.45) is 9.84. The van der Waals surface area contributed by atoms with Gasteiger partial charge in [-0.25, -0.2) is 0 Å². The lowest BCUT2D eigenvalue weighted by atomic mass is 9.84. The van der Waals surface area contributed by atoms with Crippen molar-refractivity contribution in [2.45, 2.75) is 57.0 Å². The van der Waals surface area contributed by atoms with Crippen molar-refractivity contribution in [1.82, 2.24) is 4.90 Å². The van der Waals surface area contributed by atoms with Gasteiger partial charge in [0, 0.05) is 12.1 Å². The quantitative estimate of drug-likeness (QED) is 0.620. The molecule has 0 unspecified atom stereocenters. The van der Waals surface area contributed by atoms with E-state index in [1.807, 2.05) is 0 Å². The first-order chi connectivity index (χ1) is 5.92. The molecule has 2 fully saturated rings. The monoisotopic (exact) mass is 166 g/mol. The lowest BCUT2D eigenvalue weighted by Crippen LogP contribution is -2.49. The molecule has 1 radical (unpaired) electrons. The molecule has 0 saturated heterocycles. The van der Waals surface area contributed by atoms with Gasteiger partial charge in [0.05, 0.1) is 0 Å². The third kappa shape index (κ3) is 1.52. The summed E-state index contributed by atoms with van der Waals surface area (Å²) in [6.45, 7) is 5.21. The molecule has 0 aliphatic heterocycles. The first-order valence-corrected chi connectivity index (χ1v) is 5.47. The van der Waals surface area contributed by atoms with E-state index in [9.17, 15) is 0 Å². The highest BCUT2D eigenvalue weighted by Crippen LogP contribution is 2.33. The summed E-state index contributed by atoms with van der Waals surface area (Å²) in [5.74, 6) is 0. The van der Waals surface area contributed by atoms with Gasteiger partial charge >= 0.3 is 0 Å². The van der Waals surface area contributed by atoms with Crippen LogP contribution in [-0.2, 0) is 0 Å². The Morgan fingerprint density at radius 1 is 1.00 bits per heavy atom. The number of hydrogen-bond donors (Lipinski definition) is 0. The van der Waals surface area contributed by atoms with Crippen LogP contribution in [0.1, 0.15) is 44.9 Å². The Hall–Kier alpha value is -0.0400. The zero-order valence-electron chi connectivity index (χ0n) is 7.97. The maximum Gasteiger partial charge on any atom is 0.00982 e. The van der Waals surface area contributed by atoms with Crippen molar-refractivity contribution < 1.29 is 0 Å². The van der Waals surface area contributed by atoms with Crippen LogP contribution in [0, 0.1) is 6.92 Å². The Balaban J connectivity index is 1.82. The Kier molecular flexibility index (Phi) is 2.69. The number of rotatable bonds is 4. The van der Waals surface area contributed by atoms with Crippen LogP contribution in [0.2, 0.25) is 0 Å². The van der Waals surface area contributed by atoms with Gasteiger partial charge in [-0.3, -0.25) is 4.90 Å². The van der Waals surface area contributed by atoms with Crippen molar-refractivity contribution in [3.8, 4) is 0 Å². The smallest absolute Gasteiger partial charge is 0.00982 e. The van der Waals surface area contributed by atoms with Gasteiger partial charge in [-0.2, -0.15) is 0 Å². The van der Waals surface area contributed by atoms with Gasteiger partial charge in [0.15, 0.2) is 0 Å². The Morgan fingerprint density at radius 2 is 1.50 bits per heavy atom. The van der Waals surface area contributed by atoms with E-state index in [1.54, 1.807) is 0 Å². The fourth-order valence-corrected chi connectivity index (χ4v) is 2.28. The van der Waals surface area contributed by atoms with Crippen LogP contribution in [0.4, 0.5) is 0 Å². The second-order valence-electron chi connectivity index (χ2n) is 4.26. The molecule has 0 bridgehead atoms. The normalized spacial score (nSPS) is 25.5. The van der Waals surface area contributed by atoms with Gasteiger partial charge in [-0.15, -0.1) is 0 Å². The summed E-state index contributed by atoms with van der Waals surface area (Å²) < 4.78 is 0. The summed E-state index contributed by atoms with van der Waals surface area (Å²) in [7, 11) is 0. The van der Waals surface area contributed by atoms with E-state index in [0.29, 0.717) is 0 Å². The number of hydrogen-bond acceptors (Lipinski definition) is 1. The highest BCUT2D eigenvalue weighted by molar-refractivity contribution is 4.88. The van der Waals surface area contributed by atoms with Crippen LogP contribution in [0.3, 0.4) is 0 Å². The summed E-state index contributed by atoms with van der Waals surface area (Å²) in [6, 6.07) is 1.88. The Labute approximate surface area is 76.1 Å². The molecule has 2 aliphatic carbocycles. The minimum Gasteiger partial charge on any atom is -0.297 e. The van der Waals surface area contributed by atoms with E-state index in [1.165, 1.54) is 45.1 Å². The van der Waals surface area contributed by atoms with Gasteiger partial charge in [0.2, 0.25) is 0 Å². The van der Waals surface area contributed by atoms with E-state index in [2.05, 4.69) is 11.8 Å². The molecule has 12 heavy (non-hydrogen) atoms. The van der Waals surface area contributed by atoms with E-state index in [0.717, 1.165) is 18.5 Å². The molecule has 0 aromatic rings. The molecule has 0 amide bonds. The maximum atomic E-state index is 3.97. The van der Waals surface area contributed by atoms with E-state index in [4.69, 9.17) is 0 Å². The van der Waals surface area contributed by atoms with Gasteiger partial charge in [0.1, 0.15) is 0 Å². The third-order valence-electron chi connectivity index (χ3n) is 3.50. The van der Waals surface area contributed by atoms with Gasteiger partial charge in [0.25, 0.3) is 0 Å². The second-order valence-corrected chi connectivity index (χ2v) is 4.26. The topological polar surface area (TPSA) is 3.24 Å². The van der Waals surface area contributed by atoms with E-state index < -0.39 is 0 Å². The van der Waals surface area contributed by atoms with Crippen molar-refractivity contribution in [3.05, 3.63) is 6.92 Å². The molecule has 2 aliphatic rings. The van der Waals surface area contributed by atoms with Crippen LogP contribution in [0.15, 0.2) is 0 Å². The van der Waals surface area contributed by atoms with Crippen LogP contribution < -0.4 is 0 Å². The fraction of sp³-hybridized carbons (Fsp3) is 0.909. The molecule has 0 N–H and O–H groups in total. The molecule has 2 rings (SSSR count). The highest BCUT2D eigenvalue weighted by Gasteiger charge is 2.32. The maximum absolute atomic E-state index is 3.97. The molecule has 0 aromatic carbocycles. The standard InChI is InChI=1S/C11H20N/c1-2-9-12(10-5-3-6-10)11-7-4-8-11/h10-11H,1-9H2. The largest absolute Gasteiger partial charge is 0.297 e. The zero-order chi connectivity index (χ0) is 8.39. The number of nitrogens with zero attached hydrogens (tertiary/aromatic N) is 1. The minimum atomic E-state index is 0.942. The predicted octanol–water partition coefficient (Wildman–Crippen LogP) is 2.62. The molecule has 1 nitrogen and oxygen atoms in total. The summed E-state index contributed by atoms with van der Waals surface area (Å²) in [4.78, 5) is 2.74. The molecule has 69 valence electrons. The Bertz CT molecular complexity index is 122. The molecular weight excluding hydrogens is 146 g/mol. The second kappa shape index (κ2) is 3.78. The average Bonchev–Trinajstić information content (AvgIpc) is 1.79. The average molecular weight is 166 g/mol.